The third-order valence-corrected chi connectivity index (χ3v) is 3.95. The van der Waals surface area contributed by atoms with Crippen LogP contribution in [0.3, 0.4) is 0 Å². The molecule has 3 rings (SSSR count). The minimum absolute atomic E-state index is 0.0385. The molecule has 0 aromatic heterocycles. The maximum Gasteiger partial charge on any atom is 0.226 e. The van der Waals surface area contributed by atoms with E-state index in [1.165, 1.54) is 12.8 Å². The van der Waals surface area contributed by atoms with E-state index in [1.54, 1.807) is 6.07 Å². The molecule has 0 bridgehead atoms. The number of nitrogens with one attached hydrogen (secondary N) is 2. The molecule has 4 heteroatoms. The highest BCUT2D eigenvalue weighted by atomic mass is 35.5. The van der Waals surface area contributed by atoms with Crippen LogP contribution >= 0.6 is 11.6 Å². The van der Waals surface area contributed by atoms with Gasteiger partial charge in [-0.15, -0.1) is 0 Å². The topological polar surface area (TPSA) is 41.1 Å². The lowest BCUT2D eigenvalue weighted by molar-refractivity contribution is -0.117. The SMILES string of the molecule is O=C1CC2(CCCC2)Nc2ccc(Cl)cc2N1. The Morgan fingerprint density at radius 1 is 1.18 bits per heavy atom. The number of halogens is 1. The van der Waals surface area contributed by atoms with E-state index in [2.05, 4.69) is 10.6 Å². The lowest BCUT2D eigenvalue weighted by Crippen LogP contribution is -2.36. The number of rotatable bonds is 0. The van der Waals surface area contributed by atoms with Gasteiger partial charge in [-0.1, -0.05) is 24.4 Å². The minimum atomic E-state index is -0.0385. The molecule has 17 heavy (non-hydrogen) atoms. The van der Waals surface area contributed by atoms with E-state index in [0.29, 0.717) is 11.4 Å². The van der Waals surface area contributed by atoms with Gasteiger partial charge in [-0.2, -0.15) is 0 Å². The summed E-state index contributed by atoms with van der Waals surface area (Å²) in [4.78, 5) is 11.9. The van der Waals surface area contributed by atoms with Gasteiger partial charge in [-0.25, -0.2) is 0 Å². The molecule has 1 heterocycles. The van der Waals surface area contributed by atoms with Crippen molar-refractivity contribution in [3.05, 3.63) is 23.2 Å². The van der Waals surface area contributed by atoms with Crippen LogP contribution in [-0.2, 0) is 4.79 Å². The average molecular weight is 251 g/mol. The van der Waals surface area contributed by atoms with E-state index in [4.69, 9.17) is 11.6 Å². The van der Waals surface area contributed by atoms with Crippen molar-refractivity contribution in [2.24, 2.45) is 0 Å². The number of carbonyl (C=O) groups excluding carboxylic acids is 1. The van der Waals surface area contributed by atoms with Crippen LogP contribution < -0.4 is 10.6 Å². The van der Waals surface area contributed by atoms with Crippen LogP contribution in [-0.4, -0.2) is 11.4 Å². The molecule has 0 unspecified atom stereocenters. The Balaban J connectivity index is 2.01. The highest BCUT2D eigenvalue weighted by Gasteiger charge is 2.38. The summed E-state index contributed by atoms with van der Waals surface area (Å²) in [5.74, 6) is 0.0837. The van der Waals surface area contributed by atoms with Crippen LogP contribution in [0.1, 0.15) is 32.1 Å². The zero-order valence-electron chi connectivity index (χ0n) is 9.55. The molecule has 90 valence electrons. The fourth-order valence-corrected chi connectivity index (χ4v) is 3.09. The van der Waals surface area contributed by atoms with E-state index >= 15 is 0 Å². The van der Waals surface area contributed by atoms with Crippen LogP contribution in [0, 0.1) is 0 Å². The first kappa shape index (κ1) is 10.9. The predicted octanol–water partition coefficient (Wildman–Crippen LogP) is 3.41. The Labute approximate surface area is 106 Å². The second kappa shape index (κ2) is 3.91. The predicted molar refractivity (Wildman–Crippen MR) is 69.5 cm³/mol. The lowest BCUT2D eigenvalue weighted by Gasteiger charge is -2.28. The quantitative estimate of drug-likeness (QED) is 0.741. The molecule has 0 radical (unpaired) electrons. The Morgan fingerprint density at radius 3 is 2.71 bits per heavy atom. The van der Waals surface area contributed by atoms with Crippen LogP contribution in [0.25, 0.3) is 0 Å². The van der Waals surface area contributed by atoms with Gasteiger partial charge in [-0.05, 0) is 31.0 Å². The molecule has 1 fully saturated rings. The van der Waals surface area contributed by atoms with Crippen molar-refractivity contribution in [3.8, 4) is 0 Å². The molecule has 1 aliphatic carbocycles. The standard InChI is InChI=1S/C13H15ClN2O/c14-9-3-4-10-11(7-9)15-12(17)8-13(16-10)5-1-2-6-13/h3-4,7,16H,1-2,5-6,8H2,(H,15,17). The van der Waals surface area contributed by atoms with Gasteiger partial charge in [0.15, 0.2) is 0 Å². The molecular weight excluding hydrogens is 236 g/mol. The first-order valence-electron chi connectivity index (χ1n) is 6.05. The van der Waals surface area contributed by atoms with E-state index < -0.39 is 0 Å². The van der Waals surface area contributed by atoms with Gasteiger partial charge < -0.3 is 10.6 Å². The van der Waals surface area contributed by atoms with Crippen molar-refractivity contribution in [2.45, 2.75) is 37.6 Å². The second-order valence-corrected chi connectivity index (χ2v) is 5.46. The Morgan fingerprint density at radius 2 is 1.94 bits per heavy atom. The highest BCUT2D eigenvalue weighted by Crippen LogP contribution is 2.40. The van der Waals surface area contributed by atoms with Crippen molar-refractivity contribution in [1.29, 1.82) is 0 Å². The van der Waals surface area contributed by atoms with Crippen molar-refractivity contribution < 1.29 is 4.79 Å². The van der Waals surface area contributed by atoms with E-state index in [1.807, 2.05) is 12.1 Å². The number of benzene rings is 1. The smallest absolute Gasteiger partial charge is 0.226 e. The fraction of sp³-hybridized carbons (Fsp3) is 0.462. The summed E-state index contributed by atoms with van der Waals surface area (Å²) in [5, 5.41) is 7.13. The first-order valence-corrected chi connectivity index (χ1v) is 6.42. The van der Waals surface area contributed by atoms with Crippen LogP contribution in [0.2, 0.25) is 5.02 Å². The van der Waals surface area contributed by atoms with Gasteiger partial charge in [0.1, 0.15) is 0 Å². The molecule has 1 aliphatic heterocycles. The molecular formula is C13H15ClN2O. The summed E-state index contributed by atoms with van der Waals surface area (Å²) < 4.78 is 0. The molecule has 3 nitrogen and oxygen atoms in total. The Kier molecular flexibility index (Phi) is 2.51. The Hall–Kier alpha value is -1.22. The lowest BCUT2D eigenvalue weighted by atomic mass is 9.93. The maximum atomic E-state index is 11.9. The largest absolute Gasteiger partial charge is 0.377 e. The molecule has 1 aromatic carbocycles. The normalized spacial score (nSPS) is 21.6. The monoisotopic (exact) mass is 250 g/mol. The van der Waals surface area contributed by atoms with Gasteiger partial charge in [0.25, 0.3) is 0 Å². The minimum Gasteiger partial charge on any atom is -0.377 e. The van der Waals surface area contributed by atoms with Gasteiger partial charge >= 0.3 is 0 Å². The van der Waals surface area contributed by atoms with Crippen LogP contribution in [0.4, 0.5) is 11.4 Å². The number of hydrogen-bond acceptors (Lipinski definition) is 2. The molecule has 0 saturated heterocycles. The van der Waals surface area contributed by atoms with Crippen molar-refractivity contribution in [1.82, 2.24) is 0 Å². The summed E-state index contributed by atoms with van der Waals surface area (Å²) >= 11 is 5.95. The van der Waals surface area contributed by atoms with E-state index in [0.717, 1.165) is 24.2 Å². The second-order valence-electron chi connectivity index (χ2n) is 5.03. The number of anilines is 2. The molecule has 2 aliphatic rings. The maximum absolute atomic E-state index is 11.9. The van der Waals surface area contributed by atoms with E-state index in [-0.39, 0.29) is 11.4 Å². The molecule has 1 spiro atoms. The molecule has 0 atom stereocenters. The fourth-order valence-electron chi connectivity index (χ4n) is 2.91. The van der Waals surface area contributed by atoms with Gasteiger partial charge in [0.2, 0.25) is 5.91 Å². The van der Waals surface area contributed by atoms with E-state index in [9.17, 15) is 4.79 Å². The number of fused-ring (bicyclic) bond motifs is 1. The van der Waals surface area contributed by atoms with Crippen LogP contribution in [0.5, 0.6) is 0 Å². The summed E-state index contributed by atoms with van der Waals surface area (Å²) in [5.41, 5.74) is 1.75. The number of amides is 1. The van der Waals surface area contributed by atoms with Crippen molar-refractivity contribution in [2.75, 3.05) is 10.6 Å². The van der Waals surface area contributed by atoms with Gasteiger partial charge in [0.05, 0.1) is 11.4 Å². The average Bonchev–Trinajstić information content (AvgIpc) is 2.64. The third-order valence-electron chi connectivity index (χ3n) is 3.72. The highest BCUT2D eigenvalue weighted by molar-refractivity contribution is 6.31. The number of hydrogen-bond donors (Lipinski definition) is 2. The zero-order chi connectivity index (χ0) is 11.9. The molecule has 1 saturated carbocycles. The van der Waals surface area contributed by atoms with Crippen molar-refractivity contribution in [3.63, 3.8) is 0 Å². The summed E-state index contributed by atoms with van der Waals surface area (Å²) in [6, 6.07) is 5.60. The van der Waals surface area contributed by atoms with Crippen molar-refractivity contribution >= 4 is 28.9 Å². The summed E-state index contributed by atoms with van der Waals surface area (Å²) in [7, 11) is 0. The summed E-state index contributed by atoms with van der Waals surface area (Å²) in [6.07, 6.45) is 5.09. The zero-order valence-corrected chi connectivity index (χ0v) is 10.3. The van der Waals surface area contributed by atoms with Gasteiger partial charge in [0, 0.05) is 17.0 Å². The van der Waals surface area contributed by atoms with Gasteiger partial charge in [-0.3, -0.25) is 4.79 Å². The number of carbonyl (C=O) groups is 1. The molecule has 1 amide bonds. The molecule has 2 N–H and O–H groups in total. The Bertz CT molecular complexity index is 466. The summed E-state index contributed by atoms with van der Waals surface area (Å²) in [6.45, 7) is 0. The molecule has 1 aromatic rings. The van der Waals surface area contributed by atoms with Crippen LogP contribution in [0.15, 0.2) is 18.2 Å². The first-order chi connectivity index (χ1) is 8.17. The third kappa shape index (κ3) is 2.00.